The van der Waals surface area contributed by atoms with Crippen molar-refractivity contribution in [2.45, 2.75) is 52.9 Å². The van der Waals surface area contributed by atoms with E-state index in [1.54, 1.807) is 0 Å². The van der Waals surface area contributed by atoms with Crippen LogP contribution in [0.5, 0.6) is 0 Å². The summed E-state index contributed by atoms with van der Waals surface area (Å²) in [6.07, 6.45) is 5.86. The molecule has 0 aromatic heterocycles. The molecule has 2 atom stereocenters. The molecule has 0 heterocycles. The van der Waals surface area contributed by atoms with Gasteiger partial charge in [0.2, 0.25) is 0 Å². The molecule has 1 aromatic carbocycles. The van der Waals surface area contributed by atoms with Gasteiger partial charge in [-0.05, 0) is 37.2 Å². The predicted octanol–water partition coefficient (Wildman–Crippen LogP) is 5.71. The van der Waals surface area contributed by atoms with Gasteiger partial charge in [-0.15, -0.1) is 0 Å². The molecule has 116 valence electrons. The van der Waals surface area contributed by atoms with Gasteiger partial charge in [0.1, 0.15) is 0 Å². The SMILES string of the molecule is C=C(CCC)C(C)/C(=N\C)C(C)CCCc1ccccc1. The fraction of sp³-hybridized carbons (Fsp3) is 0.550. The molecular weight excluding hydrogens is 254 g/mol. The lowest BCUT2D eigenvalue weighted by Gasteiger charge is -2.22. The fourth-order valence-corrected chi connectivity index (χ4v) is 2.99. The van der Waals surface area contributed by atoms with Gasteiger partial charge in [0.25, 0.3) is 0 Å². The van der Waals surface area contributed by atoms with Gasteiger partial charge in [0.15, 0.2) is 0 Å². The lowest BCUT2D eigenvalue weighted by Crippen LogP contribution is -2.21. The summed E-state index contributed by atoms with van der Waals surface area (Å²) in [4.78, 5) is 4.57. The number of hydrogen-bond acceptors (Lipinski definition) is 1. The van der Waals surface area contributed by atoms with Crippen LogP contribution < -0.4 is 0 Å². The Hall–Kier alpha value is -1.37. The summed E-state index contributed by atoms with van der Waals surface area (Å²) in [5.74, 6) is 0.962. The van der Waals surface area contributed by atoms with Gasteiger partial charge in [-0.2, -0.15) is 0 Å². The topological polar surface area (TPSA) is 12.4 Å². The van der Waals surface area contributed by atoms with Crippen molar-refractivity contribution >= 4 is 5.71 Å². The number of rotatable bonds is 9. The minimum absolute atomic E-state index is 0.418. The highest BCUT2D eigenvalue weighted by Gasteiger charge is 2.18. The summed E-state index contributed by atoms with van der Waals surface area (Å²) in [6.45, 7) is 11.0. The third-order valence-corrected chi connectivity index (χ3v) is 4.34. The molecule has 0 aliphatic rings. The van der Waals surface area contributed by atoms with E-state index in [-0.39, 0.29) is 0 Å². The molecule has 0 saturated carbocycles. The van der Waals surface area contributed by atoms with Gasteiger partial charge in [0.05, 0.1) is 0 Å². The maximum absolute atomic E-state index is 4.57. The van der Waals surface area contributed by atoms with Crippen LogP contribution >= 0.6 is 0 Å². The van der Waals surface area contributed by atoms with E-state index in [9.17, 15) is 0 Å². The van der Waals surface area contributed by atoms with Gasteiger partial charge >= 0.3 is 0 Å². The number of hydrogen-bond donors (Lipinski definition) is 0. The Balaban J connectivity index is 2.48. The van der Waals surface area contributed by atoms with Crippen LogP contribution in [0.1, 0.15) is 52.0 Å². The molecule has 0 saturated heterocycles. The first-order valence-corrected chi connectivity index (χ1v) is 8.28. The monoisotopic (exact) mass is 285 g/mol. The molecule has 1 rings (SSSR count). The van der Waals surface area contributed by atoms with Gasteiger partial charge in [-0.3, -0.25) is 4.99 Å². The molecule has 2 unspecified atom stereocenters. The number of nitrogens with zero attached hydrogens (tertiary/aromatic N) is 1. The molecule has 0 spiro atoms. The lowest BCUT2D eigenvalue weighted by atomic mass is 9.85. The van der Waals surface area contributed by atoms with E-state index in [2.05, 4.69) is 62.7 Å². The van der Waals surface area contributed by atoms with Crippen LogP contribution in [-0.4, -0.2) is 12.8 Å². The third-order valence-electron chi connectivity index (χ3n) is 4.34. The van der Waals surface area contributed by atoms with E-state index in [1.165, 1.54) is 36.1 Å². The van der Waals surface area contributed by atoms with E-state index in [4.69, 9.17) is 0 Å². The maximum Gasteiger partial charge on any atom is 0.0276 e. The predicted molar refractivity (Wildman–Crippen MR) is 95.1 cm³/mol. The smallest absolute Gasteiger partial charge is 0.0276 e. The number of benzene rings is 1. The van der Waals surface area contributed by atoms with Crippen LogP contribution in [0.25, 0.3) is 0 Å². The molecule has 21 heavy (non-hydrogen) atoms. The molecule has 1 nitrogen and oxygen atoms in total. The van der Waals surface area contributed by atoms with Gasteiger partial charge < -0.3 is 0 Å². The highest BCUT2D eigenvalue weighted by atomic mass is 14.7. The van der Waals surface area contributed by atoms with Crippen molar-refractivity contribution in [3.63, 3.8) is 0 Å². The second-order valence-electron chi connectivity index (χ2n) is 6.06. The zero-order valence-electron chi connectivity index (χ0n) is 14.2. The number of aryl methyl sites for hydroxylation is 1. The Morgan fingerprint density at radius 3 is 2.43 bits per heavy atom. The standard InChI is InChI=1S/C20H31N/c1-6-11-16(2)18(4)20(21-5)17(3)12-10-15-19-13-8-7-9-14-19/h7-9,13-14,17-18H,2,6,10-12,15H2,1,3-5H3/b21-20-. The molecule has 0 fully saturated rings. The molecule has 0 bridgehead atoms. The number of allylic oxidation sites excluding steroid dienone is 1. The van der Waals surface area contributed by atoms with Crippen LogP contribution in [0.4, 0.5) is 0 Å². The van der Waals surface area contributed by atoms with Crippen molar-refractivity contribution in [1.29, 1.82) is 0 Å². The van der Waals surface area contributed by atoms with E-state index in [0.717, 1.165) is 12.8 Å². The molecule has 1 heteroatoms. The second-order valence-corrected chi connectivity index (χ2v) is 6.06. The van der Waals surface area contributed by atoms with Crippen molar-refractivity contribution in [2.24, 2.45) is 16.8 Å². The minimum Gasteiger partial charge on any atom is -0.297 e. The highest BCUT2D eigenvalue weighted by Crippen LogP contribution is 2.23. The van der Waals surface area contributed by atoms with Crippen LogP contribution in [0.15, 0.2) is 47.5 Å². The first-order chi connectivity index (χ1) is 10.1. The average Bonchev–Trinajstić information content (AvgIpc) is 2.49. The van der Waals surface area contributed by atoms with Gasteiger partial charge in [-0.1, -0.05) is 69.7 Å². The summed E-state index contributed by atoms with van der Waals surface area (Å²) in [7, 11) is 1.93. The summed E-state index contributed by atoms with van der Waals surface area (Å²) >= 11 is 0. The summed E-state index contributed by atoms with van der Waals surface area (Å²) in [5.41, 5.74) is 4.08. The summed E-state index contributed by atoms with van der Waals surface area (Å²) in [5, 5.41) is 0. The first-order valence-electron chi connectivity index (χ1n) is 8.28. The van der Waals surface area contributed by atoms with E-state index in [1.807, 2.05) is 7.05 Å². The lowest BCUT2D eigenvalue weighted by molar-refractivity contribution is 0.607. The normalized spacial score (nSPS) is 14.8. The quantitative estimate of drug-likeness (QED) is 0.407. The minimum atomic E-state index is 0.418. The molecule has 0 aliphatic carbocycles. The van der Waals surface area contributed by atoms with Crippen LogP contribution in [0, 0.1) is 11.8 Å². The highest BCUT2D eigenvalue weighted by molar-refractivity contribution is 5.90. The Labute approximate surface area is 131 Å². The van der Waals surface area contributed by atoms with Gasteiger partial charge in [-0.25, -0.2) is 0 Å². The second kappa shape index (κ2) is 9.55. The Kier molecular flexibility index (Phi) is 8.04. The zero-order valence-corrected chi connectivity index (χ0v) is 14.2. The van der Waals surface area contributed by atoms with Crippen molar-refractivity contribution in [3.8, 4) is 0 Å². The molecule has 0 amide bonds. The Bertz CT molecular complexity index is 444. The van der Waals surface area contributed by atoms with E-state index in [0.29, 0.717) is 11.8 Å². The Morgan fingerprint density at radius 2 is 1.86 bits per heavy atom. The third kappa shape index (κ3) is 5.87. The fourth-order valence-electron chi connectivity index (χ4n) is 2.99. The van der Waals surface area contributed by atoms with Crippen molar-refractivity contribution < 1.29 is 0 Å². The first kappa shape index (κ1) is 17.7. The van der Waals surface area contributed by atoms with Gasteiger partial charge in [0, 0.05) is 18.7 Å². The van der Waals surface area contributed by atoms with Crippen LogP contribution in [0.2, 0.25) is 0 Å². The molecule has 0 N–H and O–H groups in total. The summed E-state index contributed by atoms with van der Waals surface area (Å²) in [6, 6.07) is 10.7. The maximum atomic E-state index is 4.57. The molecule has 0 aliphatic heterocycles. The van der Waals surface area contributed by atoms with Crippen molar-refractivity contribution in [2.75, 3.05) is 7.05 Å². The molecular formula is C20H31N. The van der Waals surface area contributed by atoms with Crippen LogP contribution in [0.3, 0.4) is 0 Å². The zero-order chi connectivity index (χ0) is 15.7. The average molecular weight is 285 g/mol. The van der Waals surface area contributed by atoms with Crippen LogP contribution in [-0.2, 0) is 6.42 Å². The molecule has 0 radical (unpaired) electrons. The van der Waals surface area contributed by atoms with Crippen molar-refractivity contribution in [3.05, 3.63) is 48.0 Å². The van der Waals surface area contributed by atoms with Crippen molar-refractivity contribution in [1.82, 2.24) is 0 Å². The Morgan fingerprint density at radius 1 is 1.19 bits per heavy atom. The largest absolute Gasteiger partial charge is 0.297 e. The van der Waals surface area contributed by atoms with E-state index < -0.39 is 0 Å². The van der Waals surface area contributed by atoms with E-state index >= 15 is 0 Å². The molecule has 1 aromatic rings. The summed E-state index contributed by atoms with van der Waals surface area (Å²) < 4.78 is 0. The number of aliphatic imine (C=N–C) groups is 1.